The maximum absolute atomic E-state index is 12.7. The Morgan fingerprint density at radius 3 is 2.44 bits per heavy atom. The van der Waals surface area contributed by atoms with Gasteiger partial charge in [-0.05, 0) is 12.1 Å². The van der Waals surface area contributed by atoms with Crippen molar-refractivity contribution in [2.24, 2.45) is 5.73 Å². The van der Waals surface area contributed by atoms with Crippen molar-refractivity contribution in [3.05, 3.63) is 40.1 Å². The number of hydrogen-bond donors (Lipinski definition) is 3. The number of aromatic nitrogens is 1. The maximum Gasteiger partial charge on any atom is 0.253 e. The minimum atomic E-state index is -0.727. The highest BCUT2D eigenvalue weighted by Crippen LogP contribution is 2.33. The summed E-state index contributed by atoms with van der Waals surface area (Å²) in [4.78, 5) is 31.3. The number of phenolic OH excluding ortho intramolecular Hbond substituents is 1. The van der Waals surface area contributed by atoms with Crippen molar-refractivity contribution in [2.45, 2.75) is 0 Å². The number of nitrogens with two attached hydrogens (primary N) is 1. The van der Waals surface area contributed by atoms with Gasteiger partial charge >= 0.3 is 0 Å². The fraction of sp³-hybridized carbons (Fsp3) is 0.435. The molecule has 11 heteroatoms. The van der Waals surface area contributed by atoms with E-state index < -0.39 is 17.1 Å². The van der Waals surface area contributed by atoms with E-state index >= 15 is 0 Å². The molecule has 1 heterocycles. The van der Waals surface area contributed by atoms with Crippen molar-refractivity contribution in [2.75, 3.05) is 71.7 Å². The second-order valence-corrected chi connectivity index (χ2v) is 7.59. The second kappa shape index (κ2) is 12.3. The molecular formula is C23H30N4O7. The molecule has 184 valence electrons. The lowest BCUT2D eigenvalue weighted by Crippen LogP contribution is -2.29. The number of rotatable bonds is 13. The molecule has 0 saturated heterocycles. The molecule has 1 aliphatic heterocycles. The number of nitrogens with one attached hydrogen (secondary N) is 1. The topological polar surface area (TPSA) is 149 Å². The summed E-state index contributed by atoms with van der Waals surface area (Å²) >= 11 is 0. The molecule has 1 aromatic rings. The number of aromatic hydroxyl groups is 1. The van der Waals surface area contributed by atoms with Crippen LogP contribution in [0, 0.1) is 0 Å². The summed E-state index contributed by atoms with van der Waals surface area (Å²) in [6, 6.07) is 6.40. The van der Waals surface area contributed by atoms with Gasteiger partial charge in [-0.3, -0.25) is 9.59 Å². The number of carbonyl (C=O) groups excluding carboxylic acids is 1. The largest absolute Gasteiger partial charge is 0.501 e. The summed E-state index contributed by atoms with van der Waals surface area (Å²) in [6.45, 7) is 3.14. The first-order valence-electron chi connectivity index (χ1n) is 10.9. The van der Waals surface area contributed by atoms with Crippen molar-refractivity contribution in [1.82, 2.24) is 10.3 Å². The lowest BCUT2D eigenvalue weighted by molar-refractivity contribution is 0.0166. The normalized spacial score (nSPS) is 11.3. The smallest absolute Gasteiger partial charge is 0.253 e. The number of fused-ring (bicyclic) bond motifs is 2. The zero-order valence-electron chi connectivity index (χ0n) is 19.3. The van der Waals surface area contributed by atoms with Gasteiger partial charge in [-0.1, -0.05) is 0 Å². The molecule has 1 amide bonds. The minimum absolute atomic E-state index is 0.0148. The Balaban J connectivity index is 1.60. The molecule has 1 aliphatic carbocycles. The summed E-state index contributed by atoms with van der Waals surface area (Å²) in [5.41, 5.74) is 6.44. The predicted molar refractivity (Wildman–Crippen MR) is 127 cm³/mol. The van der Waals surface area contributed by atoms with E-state index in [4.69, 9.17) is 24.4 Å². The number of carbonyl (C=O) groups is 1. The third-order valence-electron chi connectivity index (χ3n) is 4.88. The van der Waals surface area contributed by atoms with Gasteiger partial charge < -0.3 is 39.7 Å². The van der Waals surface area contributed by atoms with Crippen LogP contribution in [-0.2, 0) is 14.2 Å². The third-order valence-corrected chi connectivity index (χ3v) is 4.88. The Kier molecular flexibility index (Phi) is 9.16. The monoisotopic (exact) mass is 474 g/mol. The summed E-state index contributed by atoms with van der Waals surface area (Å²) in [7, 11) is 3.75. The van der Waals surface area contributed by atoms with Crippen LogP contribution in [0.3, 0.4) is 0 Å². The molecule has 0 aromatic heterocycles. The molecule has 0 fully saturated rings. The number of nitrogens with zero attached hydrogens (tertiary/aromatic N) is 2. The SMILES string of the molecule is CN(C)c1ccc2nc3c(C(=O)NCCOCCOCCOCCN)cc(=O)c(O)c-3oc2c1. The highest BCUT2D eigenvalue weighted by Gasteiger charge is 2.25. The second-order valence-electron chi connectivity index (χ2n) is 7.59. The first kappa shape index (κ1) is 25.4. The molecule has 1 aromatic carbocycles. The van der Waals surface area contributed by atoms with Crippen molar-refractivity contribution in [3.8, 4) is 17.2 Å². The van der Waals surface area contributed by atoms with Gasteiger partial charge in [-0.2, -0.15) is 0 Å². The summed E-state index contributed by atoms with van der Waals surface area (Å²) in [6.07, 6.45) is 0. The maximum atomic E-state index is 12.7. The van der Waals surface area contributed by atoms with Crippen molar-refractivity contribution in [1.29, 1.82) is 0 Å². The molecule has 0 atom stereocenters. The van der Waals surface area contributed by atoms with Gasteiger partial charge in [0.1, 0.15) is 11.2 Å². The Labute approximate surface area is 196 Å². The molecular weight excluding hydrogens is 444 g/mol. The van der Waals surface area contributed by atoms with E-state index in [-0.39, 0.29) is 30.2 Å². The van der Waals surface area contributed by atoms with Crippen molar-refractivity contribution >= 4 is 22.7 Å². The van der Waals surface area contributed by atoms with Gasteiger partial charge in [0.25, 0.3) is 5.91 Å². The lowest BCUT2D eigenvalue weighted by atomic mass is 10.1. The van der Waals surface area contributed by atoms with Crippen LogP contribution in [-0.4, -0.2) is 82.8 Å². The van der Waals surface area contributed by atoms with Gasteiger partial charge in [-0.15, -0.1) is 0 Å². The Bertz CT molecular complexity index is 1130. The van der Waals surface area contributed by atoms with Crippen LogP contribution >= 0.6 is 0 Å². The van der Waals surface area contributed by atoms with Crippen LogP contribution in [0.4, 0.5) is 5.69 Å². The lowest BCUT2D eigenvalue weighted by Gasteiger charge is -2.15. The van der Waals surface area contributed by atoms with Crippen molar-refractivity contribution < 1.29 is 28.5 Å². The molecule has 11 nitrogen and oxygen atoms in total. The molecule has 0 saturated carbocycles. The van der Waals surface area contributed by atoms with Crippen molar-refractivity contribution in [3.63, 3.8) is 0 Å². The zero-order chi connectivity index (χ0) is 24.5. The van der Waals surface area contributed by atoms with Gasteiger partial charge in [0, 0.05) is 45.0 Å². The van der Waals surface area contributed by atoms with Crippen LogP contribution in [0.2, 0.25) is 0 Å². The number of ether oxygens (including phenoxy) is 3. The molecule has 0 unspecified atom stereocenters. The average molecular weight is 475 g/mol. The molecule has 0 spiro atoms. The molecule has 2 aliphatic rings. The van der Waals surface area contributed by atoms with Crippen LogP contribution in [0.25, 0.3) is 22.6 Å². The van der Waals surface area contributed by atoms with E-state index in [1.165, 1.54) is 0 Å². The first-order chi connectivity index (χ1) is 16.4. The molecule has 0 bridgehead atoms. The minimum Gasteiger partial charge on any atom is -0.501 e. The van der Waals surface area contributed by atoms with Gasteiger partial charge in [0.15, 0.2) is 11.3 Å². The van der Waals surface area contributed by atoms with Gasteiger partial charge in [-0.25, -0.2) is 4.98 Å². The number of amides is 1. The first-order valence-corrected chi connectivity index (χ1v) is 10.9. The summed E-state index contributed by atoms with van der Waals surface area (Å²) in [5, 5.41) is 12.9. The average Bonchev–Trinajstić information content (AvgIpc) is 2.83. The number of anilines is 1. The Hall–Kier alpha value is -3.25. The number of hydrogen-bond acceptors (Lipinski definition) is 10. The highest BCUT2D eigenvalue weighted by atomic mass is 16.5. The quantitative estimate of drug-likeness (QED) is 0.240. The van der Waals surface area contributed by atoms with Crippen LogP contribution in [0.1, 0.15) is 10.4 Å². The zero-order valence-corrected chi connectivity index (χ0v) is 19.3. The van der Waals surface area contributed by atoms with E-state index in [2.05, 4.69) is 10.3 Å². The summed E-state index contributed by atoms with van der Waals surface area (Å²) in [5.74, 6) is -1.25. The third kappa shape index (κ3) is 6.41. The Morgan fingerprint density at radius 2 is 1.76 bits per heavy atom. The molecule has 34 heavy (non-hydrogen) atoms. The van der Waals surface area contributed by atoms with Crippen LogP contribution in [0.5, 0.6) is 5.75 Å². The van der Waals surface area contributed by atoms with Gasteiger partial charge in [0.2, 0.25) is 11.2 Å². The number of phenols is 1. The van der Waals surface area contributed by atoms with E-state index in [0.717, 1.165) is 11.8 Å². The van der Waals surface area contributed by atoms with E-state index in [0.29, 0.717) is 50.7 Å². The fourth-order valence-corrected chi connectivity index (χ4v) is 3.14. The van der Waals surface area contributed by atoms with Gasteiger partial charge in [0.05, 0.1) is 45.2 Å². The standard InChI is InChI=1S/C23H30N4O7/c1-27(2)15-3-4-17-19(13-15)34-22-20(26-17)16(14-18(28)21(22)29)23(30)25-6-8-32-10-12-33-11-9-31-7-5-24/h3-4,13-14,29H,5-12,24H2,1-2H3,(H,25,30). The predicted octanol–water partition coefficient (Wildman–Crippen LogP) is 0.803. The fourth-order valence-electron chi connectivity index (χ4n) is 3.14. The van der Waals surface area contributed by atoms with Crippen LogP contribution < -0.4 is 21.4 Å². The number of benzene rings is 2. The molecule has 4 N–H and O–H groups in total. The molecule has 3 rings (SSSR count). The van der Waals surface area contributed by atoms with E-state index in [1.807, 2.05) is 25.1 Å². The molecule has 0 radical (unpaired) electrons. The highest BCUT2D eigenvalue weighted by molar-refractivity contribution is 6.01. The van der Waals surface area contributed by atoms with Crippen LogP contribution in [0.15, 0.2) is 33.5 Å². The summed E-state index contributed by atoms with van der Waals surface area (Å²) < 4.78 is 21.7. The van der Waals surface area contributed by atoms with E-state index in [1.54, 1.807) is 12.1 Å². The van der Waals surface area contributed by atoms with E-state index in [9.17, 15) is 14.7 Å². The Morgan fingerprint density at radius 1 is 1.09 bits per heavy atom.